The van der Waals surface area contributed by atoms with E-state index in [2.05, 4.69) is 12.2 Å². The molecule has 0 aromatic carbocycles. The van der Waals surface area contributed by atoms with Crippen LogP contribution in [0.4, 0.5) is 0 Å². The number of carbonyl (C=O) groups excluding carboxylic acids is 1. The fourth-order valence-electron chi connectivity index (χ4n) is 4.61. The summed E-state index contributed by atoms with van der Waals surface area (Å²) in [6, 6.07) is -0.489. The highest BCUT2D eigenvalue weighted by Gasteiger charge is 2.52. The van der Waals surface area contributed by atoms with Crippen molar-refractivity contribution in [2.24, 2.45) is 11.8 Å². The quantitative estimate of drug-likeness (QED) is 0.703. The predicted molar refractivity (Wildman–Crippen MR) is 85.2 cm³/mol. The van der Waals surface area contributed by atoms with Gasteiger partial charge >= 0.3 is 0 Å². The molecular formula is C16H24N2O4S. The molecule has 6 nitrogen and oxygen atoms in total. The van der Waals surface area contributed by atoms with Gasteiger partial charge in [-0.2, -0.15) is 4.31 Å². The van der Waals surface area contributed by atoms with Crippen LogP contribution in [-0.4, -0.2) is 67.2 Å². The van der Waals surface area contributed by atoms with E-state index in [-0.39, 0.29) is 23.9 Å². The molecule has 7 heteroatoms. The zero-order chi connectivity index (χ0) is 16.2. The van der Waals surface area contributed by atoms with E-state index >= 15 is 0 Å². The molecule has 23 heavy (non-hydrogen) atoms. The van der Waals surface area contributed by atoms with Gasteiger partial charge < -0.3 is 9.64 Å². The van der Waals surface area contributed by atoms with Crippen LogP contribution < -0.4 is 0 Å². The van der Waals surface area contributed by atoms with E-state index in [1.165, 1.54) is 4.31 Å². The molecule has 0 N–H and O–H groups in total. The van der Waals surface area contributed by atoms with E-state index in [4.69, 9.17) is 4.74 Å². The molecule has 4 rings (SSSR count). The summed E-state index contributed by atoms with van der Waals surface area (Å²) in [5.41, 5.74) is 0. The number of hydrogen-bond donors (Lipinski definition) is 0. The number of nitrogens with zero attached hydrogens (tertiary/aromatic N) is 2. The van der Waals surface area contributed by atoms with Gasteiger partial charge in [-0.15, -0.1) is 0 Å². The lowest BCUT2D eigenvalue weighted by atomic mass is 9.86. The maximum absolute atomic E-state index is 12.9. The van der Waals surface area contributed by atoms with Gasteiger partial charge in [0.25, 0.3) is 0 Å². The molecule has 3 saturated heterocycles. The summed E-state index contributed by atoms with van der Waals surface area (Å²) < 4.78 is 32.1. The lowest BCUT2D eigenvalue weighted by Crippen LogP contribution is -2.48. The SMILES string of the molecule is CCCS(=O)(=O)N1CCCC1C(=O)N1CC2C3C=CC(O3)C2C1. The topological polar surface area (TPSA) is 66.9 Å². The van der Waals surface area contributed by atoms with Gasteiger partial charge in [-0.25, -0.2) is 8.42 Å². The van der Waals surface area contributed by atoms with E-state index in [0.717, 1.165) is 6.42 Å². The summed E-state index contributed by atoms with van der Waals surface area (Å²) in [6.45, 7) is 3.74. The molecule has 3 fully saturated rings. The molecular weight excluding hydrogens is 316 g/mol. The Morgan fingerprint density at radius 2 is 1.87 bits per heavy atom. The van der Waals surface area contributed by atoms with Gasteiger partial charge in [-0.3, -0.25) is 4.79 Å². The smallest absolute Gasteiger partial charge is 0.241 e. The molecule has 1 amide bonds. The second-order valence-electron chi connectivity index (χ2n) is 7.11. The minimum Gasteiger partial charge on any atom is -0.366 e. The van der Waals surface area contributed by atoms with E-state index < -0.39 is 16.1 Å². The molecule has 5 unspecified atom stereocenters. The first-order valence-electron chi connectivity index (χ1n) is 8.63. The van der Waals surface area contributed by atoms with Crippen molar-refractivity contribution < 1.29 is 17.9 Å². The first-order chi connectivity index (χ1) is 11.0. The molecule has 0 aromatic rings. The summed E-state index contributed by atoms with van der Waals surface area (Å²) in [7, 11) is -3.31. The summed E-state index contributed by atoms with van der Waals surface area (Å²) in [5, 5.41) is 0. The Kier molecular flexibility index (Phi) is 3.77. The third-order valence-electron chi connectivity index (χ3n) is 5.68. The van der Waals surface area contributed by atoms with Crippen LogP contribution in [0.2, 0.25) is 0 Å². The standard InChI is InChI=1S/C16H24N2O4S/c1-2-8-23(20,21)18-7-3-4-13(18)16(19)17-9-11-12(10-17)15-6-5-14(11)22-15/h5-6,11-15H,2-4,7-10H2,1H3. The average Bonchev–Trinajstić information content (AvgIpc) is 3.25. The van der Waals surface area contributed by atoms with Crippen molar-refractivity contribution in [3.63, 3.8) is 0 Å². The second kappa shape index (κ2) is 5.57. The molecule has 5 atom stereocenters. The fourth-order valence-corrected chi connectivity index (χ4v) is 6.35. The van der Waals surface area contributed by atoms with Gasteiger partial charge in [0, 0.05) is 31.5 Å². The van der Waals surface area contributed by atoms with Crippen LogP contribution in [-0.2, 0) is 19.6 Å². The van der Waals surface area contributed by atoms with E-state index in [1.54, 1.807) is 0 Å². The monoisotopic (exact) mass is 340 g/mol. The van der Waals surface area contributed by atoms with Gasteiger partial charge in [0.15, 0.2) is 0 Å². The molecule has 0 radical (unpaired) electrons. The minimum atomic E-state index is -3.31. The Morgan fingerprint density at radius 1 is 1.22 bits per heavy atom. The number of sulfonamides is 1. The molecule has 2 bridgehead atoms. The Hall–Kier alpha value is -0.920. The molecule has 0 spiro atoms. The Balaban J connectivity index is 1.47. The van der Waals surface area contributed by atoms with Gasteiger partial charge in [0.2, 0.25) is 15.9 Å². The van der Waals surface area contributed by atoms with Gasteiger partial charge in [-0.1, -0.05) is 19.1 Å². The van der Waals surface area contributed by atoms with Crippen LogP contribution in [0, 0.1) is 11.8 Å². The lowest BCUT2D eigenvalue weighted by molar-refractivity contribution is -0.134. The number of fused-ring (bicyclic) bond motifs is 5. The summed E-state index contributed by atoms with van der Waals surface area (Å²) in [6.07, 6.45) is 6.50. The van der Waals surface area contributed by atoms with Crippen molar-refractivity contribution in [1.82, 2.24) is 9.21 Å². The molecule has 128 valence electrons. The molecule has 4 heterocycles. The largest absolute Gasteiger partial charge is 0.366 e. The highest BCUT2D eigenvalue weighted by molar-refractivity contribution is 7.89. The summed E-state index contributed by atoms with van der Waals surface area (Å²) in [5.74, 6) is 0.896. The van der Waals surface area contributed by atoms with Crippen LogP contribution in [0.5, 0.6) is 0 Å². The van der Waals surface area contributed by atoms with Crippen LogP contribution in [0.25, 0.3) is 0 Å². The Bertz CT molecular complexity index is 612. The number of hydrogen-bond acceptors (Lipinski definition) is 4. The average molecular weight is 340 g/mol. The third kappa shape index (κ3) is 2.44. The van der Waals surface area contributed by atoms with Gasteiger partial charge in [0.1, 0.15) is 6.04 Å². The first kappa shape index (κ1) is 15.6. The molecule has 4 aliphatic rings. The van der Waals surface area contributed by atoms with Crippen molar-refractivity contribution in [2.45, 2.75) is 44.4 Å². The summed E-state index contributed by atoms with van der Waals surface area (Å²) >= 11 is 0. The Labute approximate surface area is 137 Å². The maximum atomic E-state index is 12.9. The molecule has 0 aliphatic carbocycles. The number of rotatable bonds is 4. The fraction of sp³-hybridized carbons (Fsp3) is 0.812. The van der Waals surface area contributed by atoms with E-state index in [9.17, 15) is 13.2 Å². The van der Waals surface area contributed by atoms with Crippen molar-refractivity contribution in [1.29, 1.82) is 0 Å². The third-order valence-corrected chi connectivity index (χ3v) is 7.76. The summed E-state index contributed by atoms with van der Waals surface area (Å²) in [4.78, 5) is 14.8. The van der Waals surface area contributed by atoms with Crippen LogP contribution in [0.3, 0.4) is 0 Å². The van der Waals surface area contributed by atoms with Crippen LogP contribution >= 0.6 is 0 Å². The molecule has 0 aromatic heterocycles. The van der Waals surface area contributed by atoms with Crippen LogP contribution in [0.15, 0.2) is 12.2 Å². The van der Waals surface area contributed by atoms with Gasteiger partial charge in [-0.05, 0) is 19.3 Å². The van der Waals surface area contributed by atoms with Crippen LogP contribution in [0.1, 0.15) is 26.2 Å². The Morgan fingerprint density at radius 3 is 2.48 bits per heavy atom. The van der Waals surface area contributed by atoms with Crippen molar-refractivity contribution >= 4 is 15.9 Å². The minimum absolute atomic E-state index is 0.00372. The zero-order valence-electron chi connectivity index (χ0n) is 13.4. The number of likely N-dealkylation sites (tertiary alicyclic amines) is 1. The number of amides is 1. The molecule has 4 aliphatic heterocycles. The highest BCUT2D eigenvalue weighted by Crippen LogP contribution is 2.44. The molecule has 0 saturated carbocycles. The predicted octanol–water partition coefficient (Wildman–Crippen LogP) is 0.602. The van der Waals surface area contributed by atoms with E-state index in [1.807, 2.05) is 11.8 Å². The van der Waals surface area contributed by atoms with E-state index in [0.29, 0.717) is 44.3 Å². The van der Waals surface area contributed by atoms with Crippen molar-refractivity contribution in [2.75, 3.05) is 25.4 Å². The normalized spacial score (nSPS) is 39.3. The zero-order valence-corrected chi connectivity index (χ0v) is 14.2. The number of ether oxygens (including phenoxy) is 1. The maximum Gasteiger partial charge on any atom is 0.241 e. The van der Waals surface area contributed by atoms with Crippen molar-refractivity contribution in [3.8, 4) is 0 Å². The second-order valence-corrected chi connectivity index (χ2v) is 9.15. The van der Waals surface area contributed by atoms with Gasteiger partial charge in [0.05, 0.1) is 18.0 Å². The first-order valence-corrected chi connectivity index (χ1v) is 10.2. The number of carbonyl (C=O) groups is 1. The highest BCUT2D eigenvalue weighted by atomic mass is 32.2. The van der Waals surface area contributed by atoms with Crippen molar-refractivity contribution in [3.05, 3.63) is 12.2 Å². The lowest BCUT2D eigenvalue weighted by Gasteiger charge is -2.28.